The number of thiophene rings is 1. The Morgan fingerprint density at radius 1 is 1.25 bits per heavy atom. The summed E-state index contributed by atoms with van der Waals surface area (Å²) in [6, 6.07) is 3.34. The Morgan fingerprint density at radius 2 is 1.95 bits per heavy atom. The number of amides is 1. The van der Waals surface area contributed by atoms with Crippen molar-refractivity contribution in [2.24, 2.45) is 0 Å². The van der Waals surface area contributed by atoms with Crippen LogP contribution in [0.3, 0.4) is 0 Å². The molecule has 0 saturated heterocycles. The van der Waals surface area contributed by atoms with Gasteiger partial charge >= 0.3 is 6.18 Å². The molecule has 0 aliphatic rings. The minimum atomic E-state index is -4.60. The van der Waals surface area contributed by atoms with Crippen LogP contribution < -0.4 is 5.32 Å². The molecule has 1 aromatic heterocycles. The van der Waals surface area contributed by atoms with E-state index >= 15 is 0 Å². The predicted octanol–water partition coefficient (Wildman–Crippen LogP) is 4.92. The maximum absolute atomic E-state index is 13.5. The smallest absolute Gasteiger partial charge is 0.319 e. The monoisotopic (exact) mass is 367 g/mol. The molecule has 2 nitrogen and oxygen atoms in total. The molecule has 1 aromatic carbocycles. The summed E-state index contributed by atoms with van der Waals surface area (Å²) in [6.45, 7) is 0. The van der Waals surface area contributed by atoms with Gasteiger partial charge in [-0.05, 0) is 40.2 Å². The summed E-state index contributed by atoms with van der Waals surface area (Å²) < 4.78 is 51.7. The normalized spacial score (nSPS) is 11.4. The zero-order valence-electron chi connectivity index (χ0n) is 9.59. The van der Waals surface area contributed by atoms with E-state index in [9.17, 15) is 22.4 Å². The highest BCUT2D eigenvalue weighted by molar-refractivity contribution is 9.11. The molecule has 1 heterocycles. The predicted molar refractivity (Wildman–Crippen MR) is 71.4 cm³/mol. The van der Waals surface area contributed by atoms with E-state index in [1.807, 2.05) is 0 Å². The van der Waals surface area contributed by atoms with Crippen molar-refractivity contribution in [1.29, 1.82) is 0 Å². The van der Waals surface area contributed by atoms with Crippen molar-refractivity contribution in [1.82, 2.24) is 0 Å². The maximum atomic E-state index is 13.5. The SMILES string of the molecule is O=C(Nc1cc(C(F)(F)F)ccc1F)c1csc(Br)c1. The highest BCUT2D eigenvalue weighted by Gasteiger charge is 2.31. The summed E-state index contributed by atoms with van der Waals surface area (Å²) in [5, 5.41) is 3.63. The molecule has 2 aromatic rings. The van der Waals surface area contributed by atoms with E-state index < -0.39 is 29.2 Å². The Kier molecular flexibility index (Phi) is 4.14. The van der Waals surface area contributed by atoms with Gasteiger partial charge in [-0.2, -0.15) is 13.2 Å². The van der Waals surface area contributed by atoms with E-state index in [-0.39, 0.29) is 5.56 Å². The van der Waals surface area contributed by atoms with E-state index in [1.54, 1.807) is 0 Å². The zero-order valence-corrected chi connectivity index (χ0v) is 12.0. The highest BCUT2D eigenvalue weighted by Crippen LogP contribution is 2.32. The fourth-order valence-corrected chi connectivity index (χ4v) is 2.56. The Labute approximate surface area is 123 Å². The summed E-state index contributed by atoms with van der Waals surface area (Å²) in [6.07, 6.45) is -4.60. The van der Waals surface area contributed by atoms with E-state index in [1.165, 1.54) is 22.8 Å². The lowest BCUT2D eigenvalue weighted by atomic mass is 10.2. The van der Waals surface area contributed by atoms with E-state index in [0.29, 0.717) is 22.0 Å². The van der Waals surface area contributed by atoms with Crippen molar-refractivity contribution in [3.63, 3.8) is 0 Å². The largest absolute Gasteiger partial charge is 0.416 e. The number of benzene rings is 1. The summed E-state index contributed by atoms with van der Waals surface area (Å²) in [5.74, 6) is -1.61. The average Bonchev–Trinajstić information content (AvgIpc) is 2.77. The lowest BCUT2D eigenvalue weighted by Gasteiger charge is -2.10. The van der Waals surface area contributed by atoms with Crippen LogP contribution in [0.4, 0.5) is 23.2 Å². The van der Waals surface area contributed by atoms with Gasteiger partial charge < -0.3 is 5.32 Å². The average molecular weight is 368 g/mol. The number of anilines is 1. The van der Waals surface area contributed by atoms with Crippen molar-refractivity contribution < 1.29 is 22.4 Å². The highest BCUT2D eigenvalue weighted by atomic mass is 79.9. The molecule has 8 heteroatoms. The molecule has 0 aliphatic heterocycles. The van der Waals surface area contributed by atoms with Crippen molar-refractivity contribution >= 4 is 38.9 Å². The summed E-state index contributed by atoms with van der Waals surface area (Å²) >= 11 is 4.39. The van der Waals surface area contributed by atoms with Crippen molar-refractivity contribution in [3.05, 3.63) is 50.4 Å². The van der Waals surface area contributed by atoms with Crippen molar-refractivity contribution in [3.8, 4) is 0 Å². The van der Waals surface area contributed by atoms with E-state index in [2.05, 4.69) is 21.2 Å². The number of hydrogen-bond donors (Lipinski definition) is 1. The second-order valence-corrected chi connectivity index (χ2v) is 6.08. The molecule has 0 spiro atoms. The summed E-state index contributed by atoms with van der Waals surface area (Å²) in [5.41, 5.74) is -1.30. The van der Waals surface area contributed by atoms with Crippen LogP contribution in [0.15, 0.2) is 33.4 Å². The quantitative estimate of drug-likeness (QED) is 0.749. The van der Waals surface area contributed by atoms with Gasteiger partial charge in [-0.1, -0.05) is 0 Å². The molecule has 0 unspecified atom stereocenters. The number of hydrogen-bond acceptors (Lipinski definition) is 2. The van der Waals surface area contributed by atoms with Gasteiger partial charge in [0.25, 0.3) is 5.91 Å². The third kappa shape index (κ3) is 3.37. The van der Waals surface area contributed by atoms with Crippen molar-refractivity contribution in [2.45, 2.75) is 6.18 Å². The second-order valence-electron chi connectivity index (χ2n) is 3.79. The Hall–Kier alpha value is -1.41. The fraction of sp³-hybridized carbons (Fsp3) is 0.0833. The van der Waals surface area contributed by atoms with Crippen LogP contribution in [0.2, 0.25) is 0 Å². The Balaban J connectivity index is 2.27. The lowest BCUT2D eigenvalue weighted by molar-refractivity contribution is -0.137. The van der Waals surface area contributed by atoms with Gasteiger partial charge in [0.1, 0.15) is 5.82 Å². The molecule has 20 heavy (non-hydrogen) atoms. The molecule has 0 fully saturated rings. The van der Waals surface area contributed by atoms with Crippen LogP contribution in [-0.4, -0.2) is 5.91 Å². The maximum Gasteiger partial charge on any atom is 0.416 e. The molecule has 0 atom stereocenters. The summed E-state index contributed by atoms with van der Waals surface area (Å²) in [7, 11) is 0. The molecule has 0 radical (unpaired) electrons. The van der Waals surface area contributed by atoms with Gasteiger partial charge in [0, 0.05) is 5.38 Å². The third-order valence-electron chi connectivity index (χ3n) is 2.37. The number of carbonyl (C=O) groups excluding carboxylic acids is 1. The number of rotatable bonds is 2. The molecular formula is C12H6BrF4NOS. The van der Waals surface area contributed by atoms with Gasteiger partial charge in [-0.3, -0.25) is 4.79 Å². The number of alkyl halides is 3. The minimum Gasteiger partial charge on any atom is -0.319 e. The standard InChI is InChI=1S/C12H6BrF4NOS/c13-10-3-6(5-20-10)11(19)18-9-4-7(12(15,16)17)1-2-8(9)14/h1-5H,(H,18,19). The molecule has 2 rings (SSSR count). The van der Waals surface area contributed by atoms with Gasteiger partial charge in [0.2, 0.25) is 0 Å². The topological polar surface area (TPSA) is 29.1 Å². The van der Waals surface area contributed by atoms with Gasteiger partial charge in [0.05, 0.1) is 20.6 Å². The van der Waals surface area contributed by atoms with Gasteiger partial charge in [-0.25, -0.2) is 4.39 Å². The zero-order chi connectivity index (χ0) is 14.9. The van der Waals surface area contributed by atoms with Crippen LogP contribution >= 0.6 is 27.3 Å². The van der Waals surface area contributed by atoms with Gasteiger partial charge in [-0.15, -0.1) is 11.3 Å². The van der Waals surface area contributed by atoms with E-state index in [4.69, 9.17) is 0 Å². The number of nitrogens with one attached hydrogen (secondary N) is 1. The first-order valence-corrected chi connectivity index (χ1v) is 6.87. The van der Waals surface area contributed by atoms with Crippen LogP contribution in [0.1, 0.15) is 15.9 Å². The van der Waals surface area contributed by atoms with Gasteiger partial charge in [0.15, 0.2) is 0 Å². The van der Waals surface area contributed by atoms with Crippen LogP contribution in [0.5, 0.6) is 0 Å². The Morgan fingerprint density at radius 3 is 2.50 bits per heavy atom. The summed E-state index contributed by atoms with van der Waals surface area (Å²) in [4.78, 5) is 11.8. The molecule has 1 N–H and O–H groups in total. The molecular weight excluding hydrogens is 362 g/mol. The fourth-order valence-electron chi connectivity index (χ4n) is 1.42. The first kappa shape index (κ1) is 15.0. The first-order chi connectivity index (χ1) is 9.27. The number of halogens is 5. The van der Waals surface area contributed by atoms with Crippen LogP contribution in [0.25, 0.3) is 0 Å². The van der Waals surface area contributed by atoms with Crippen LogP contribution in [-0.2, 0) is 6.18 Å². The Bertz CT molecular complexity index is 653. The second kappa shape index (κ2) is 5.53. The minimum absolute atomic E-state index is 0.235. The molecule has 0 bridgehead atoms. The lowest BCUT2D eigenvalue weighted by Crippen LogP contribution is -2.13. The van der Waals surface area contributed by atoms with Crippen molar-refractivity contribution in [2.75, 3.05) is 5.32 Å². The first-order valence-electron chi connectivity index (χ1n) is 5.19. The number of carbonyl (C=O) groups is 1. The third-order valence-corrected chi connectivity index (χ3v) is 3.88. The molecule has 0 saturated carbocycles. The molecule has 0 aliphatic carbocycles. The molecule has 1 amide bonds. The van der Waals surface area contributed by atoms with E-state index in [0.717, 1.165) is 0 Å². The molecule has 106 valence electrons. The van der Waals surface area contributed by atoms with Crippen LogP contribution in [0, 0.1) is 5.82 Å².